The van der Waals surface area contributed by atoms with Crippen LogP contribution in [0.3, 0.4) is 0 Å². The summed E-state index contributed by atoms with van der Waals surface area (Å²) in [5.74, 6) is 0. The first kappa shape index (κ1) is 15.7. The normalized spacial score (nSPS) is 12.1. The molecule has 0 aliphatic heterocycles. The van der Waals surface area contributed by atoms with E-state index in [1.54, 1.807) is 12.1 Å². The Balaban J connectivity index is 2.11. The largest absolute Gasteiger partial charge is 0.306 e. The molecule has 0 aliphatic rings. The average Bonchev–Trinajstić information content (AvgIpc) is 2.50. The summed E-state index contributed by atoms with van der Waals surface area (Å²) in [6.45, 7) is 2.78. The van der Waals surface area contributed by atoms with E-state index >= 15 is 0 Å². The Labute approximate surface area is 132 Å². The number of hydrogen-bond donors (Lipinski definition) is 1. The van der Waals surface area contributed by atoms with Crippen LogP contribution in [-0.2, 0) is 6.54 Å². The Morgan fingerprint density at radius 1 is 1.24 bits per heavy atom. The maximum Gasteiger partial charge on any atom is 0.269 e. The van der Waals surface area contributed by atoms with Gasteiger partial charge in [-0.1, -0.05) is 53.2 Å². The fourth-order valence-corrected chi connectivity index (χ4v) is 2.65. The van der Waals surface area contributed by atoms with Crippen LogP contribution in [0.5, 0.6) is 0 Å². The fraction of sp³-hybridized carbons (Fsp3) is 0.250. The molecule has 0 aliphatic carbocycles. The van der Waals surface area contributed by atoms with Crippen LogP contribution in [0.1, 0.15) is 30.5 Å². The minimum atomic E-state index is -0.357. The van der Waals surface area contributed by atoms with Gasteiger partial charge in [-0.05, 0) is 23.6 Å². The summed E-state index contributed by atoms with van der Waals surface area (Å²) in [5.41, 5.74) is 2.24. The number of nitro benzene ring substituents is 1. The third-order valence-corrected chi connectivity index (χ3v) is 4.16. The van der Waals surface area contributed by atoms with Gasteiger partial charge in [-0.15, -0.1) is 0 Å². The number of halogens is 1. The smallest absolute Gasteiger partial charge is 0.269 e. The van der Waals surface area contributed by atoms with Crippen LogP contribution >= 0.6 is 15.9 Å². The van der Waals surface area contributed by atoms with E-state index in [2.05, 4.69) is 34.2 Å². The molecule has 1 unspecified atom stereocenters. The first-order valence-corrected chi connectivity index (χ1v) is 7.62. The van der Waals surface area contributed by atoms with Crippen LogP contribution in [0.4, 0.5) is 5.69 Å². The van der Waals surface area contributed by atoms with E-state index in [0.29, 0.717) is 6.54 Å². The summed E-state index contributed by atoms with van der Waals surface area (Å²) in [7, 11) is 0. The van der Waals surface area contributed by atoms with Crippen molar-refractivity contribution in [1.82, 2.24) is 5.32 Å². The lowest BCUT2D eigenvalue weighted by molar-refractivity contribution is -0.384. The predicted octanol–water partition coefficient (Wildman–Crippen LogP) is 4.60. The molecule has 1 N–H and O–H groups in total. The second kappa shape index (κ2) is 7.33. The van der Waals surface area contributed by atoms with Crippen LogP contribution in [-0.4, -0.2) is 4.92 Å². The Kier molecular flexibility index (Phi) is 5.47. The Hall–Kier alpha value is -1.72. The monoisotopic (exact) mass is 348 g/mol. The summed E-state index contributed by atoms with van der Waals surface area (Å²) >= 11 is 3.53. The highest BCUT2D eigenvalue weighted by Gasteiger charge is 2.13. The standard InChI is InChI=1S/C16H17BrN2O2/c1-2-16(12-7-5-8-14(10-12)19(20)21)18-11-13-6-3-4-9-15(13)17/h3-10,16,18H,2,11H2,1H3. The number of hydrogen-bond acceptors (Lipinski definition) is 3. The minimum absolute atomic E-state index is 0.0945. The number of rotatable bonds is 6. The van der Waals surface area contributed by atoms with Gasteiger partial charge in [0.1, 0.15) is 0 Å². The Morgan fingerprint density at radius 3 is 2.67 bits per heavy atom. The highest BCUT2D eigenvalue weighted by atomic mass is 79.9. The molecule has 1 atom stereocenters. The van der Waals surface area contributed by atoms with Crippen LogP contribution < -0.4 is 5.32 Å². The van der Waals surface area contributed by atoms with Gasteiger partial charge in [0.2, 0.25) is 0 Å². The van der Waals surface area contributed by atoms with Gasteiger partial charge in [0.05, 0.1) is 4.92 Å². The van der Waals surface area contributed by atoms with Crippen molar-refractivity contribution in [1.29, 1.82) is 0 Å². The maximum atomic E-state index is 10.9. The molecule has 110 valence electrons. The van der Waals surface area contributed by atoms with Crippen molar-refractivity contribution in [3.8, 4) is 0 Å². The highest BCUT2D eigenvalue weighted by molar-refractivity contribution is 9.10. The number of benzene rings is 2. The number of nitrogens with one attached hydrogen (secondary N) is 1. The molecule has 2 aromatic carbocycles. The summed E-state index contributed by atoms with van der Waals surface area (Å²) in [5, 5.41) is 14.3. The van der Waals surface area contributed by atoms with Crippen molar-refractivity contribution >= 4 is 21.6 Å². The van der Waals surface area contributed by atoms with Gasteiger partial charge >= 0.3 is 0 Å². The van der Waals surface area contributed by atoms with Gasteiger partial charge in [-0.25, -0.2) is 0 Å². The molecule has 0 saturated carbocycles. The first-order chi connectivity index (χ1) is 10.1. The van der Waals surface area contributed by atoms with Crippen LogP contribution in [0.25, 0.3) is 0 Å². The third-order valence-electron chi connectivity index (χ3n) is 3.39. The van der Waals surface area contributed by atoms with E-state index in [-0.39, 0.29) is 16.7 Å². The Morgan fingerprint density at radius 2 is 2.00 bits per heavy atom. The zero-order valence-electron chi connectivity index (χ0n) is 11.8. The molecule has 0 bridgehead atoms. The van der Waals surface area contributed by atoms with Crippen molar-refractivity contribution in [2.24, 2.45) is 0 Å². The topological polar surface area (TPSA) is 55.2 Å². The van der Waals surface area contributed by atoms with Crippen LogP contribution in [0, 0.1) is 10.1 Å². The molecule has 0 spiro atoms. The summed E-state index contributed by atoms with van der Waals surface area (Å²) in [4.78, 5) is 10.5. The molecular formula is C16H17BrN2O2. The molecule has 4 nitrogen and oxygen atoms in total. The second-order valence-corrected chi connectivity index (χ2v) is 5.64. The predicted molar refractivity (Wildman–Crippen MR) is 87.1 cm³/mol. The van der Waals surface area contributed by atoms with Gasteiger partial charge < -0.3 is 5.32 Å². The molecule has 5 heteroatoms. The van der Waals surface area contributed by atoms with Crippen molar-refractivity contribution in [2.75, 3.05) is 0 Å². The number of non-ortho nitro benzene ring substituents is 1. The lowest BCUT2D eigenvalue weighted by Crippen LogP contribution is -2.20. The zero-order chi connectivity index (χ0) is 15.2. The van der Waals surface area contributed by atoms with Gasteiger partial charge in [-0.2, -0.15) is 0 Å². The van der Waals surface area contributed by atoms with Crippen molar-refractivity contribution in [3.05, 3.63) is 74.2 Å². The second-order valence-electron chi connectivity index (χ2n) is 4.79. The van der Waals surface area contributed by atoms with Crippen LogP contribution in [0.2, 0.25) is 0 Å². The molecule has 0 saturated heterocycles. The van der Waals surface area contributed by atoms with Crippen LogP contribution in [0.15, 0.2) is 53.0 Å². The molecule has 0 heterocycles. The van der Waals surface area contributed by atoms with E-state index in [1.165, 1.54) is 11.6 Å². The lowest BCUT2D eigenvalue weighted by Gasteiger charge is -2.18. The zero-order valence-corrected chi connectivity index (χ0v) is 13.3. The van der Waals surface area contributed by atoms with Gasteiger partial charge in [0.15, 0.2) is 0 Å². The van der Waals surface area contributed by atoms with Crippen molar-refractivity contribution in [3.63, 3.8) is 0 Å². The number of nitro groups is 1. The van der Waals surface area contributed by atoms with E-state index in [4.69, 9.17) is 0 Å². The van der Waals surface area contributed by atoms with Gasteiger partial charge in [-0.3, -0.25) is 10.1 Å². The SMILES string of the molecule is CCC(NCc1ccccc1Br)c1cccc([N+](=O)[O-])c1. The molecular weight excluding hydrogens is 332 g/mol. The molecule has 2 aromatic rings. The maximum absolute atomic E-state index is 10.9. The molecule has 21 heavy (non-hydrogen) atoms. The summed E-state index contributed by atoms with van der Waals surface area (Å²) in [6, 6.07) is 14.9. The molecule has 2 rings (SSSR count). The number of nitrogens with zero attached hydrogens (tertiary/aromatic N) is 1. The van der Waals surface area contributed by atoms with E-state index in [0.717, 1.165) is 16.5 Å². The molecule has 0 radical (unpaired) electrons. The van der Waals surface area contributed by atoms with E-state index < -0.39 is 0 Å². The lowest BCUT2D eigenvalue weighted by atomic mass is 10.0. The minimum Gasteiger partial charge on any atom is -0.306 e. The summed E-state index contributed by atoms with van der Waals surface area (Å²) < 4.78 is 1.06. The highest BCUT2D eigenvalue weighted by Crippen LogP contribution is 2.23. The van der Waals surface area contributed by atoms with E-state index in [1.807, 2.05) is 24.3 Å². The van der Waals surface area contributed by atoms with Gasteiger partial charge in [0, 0.05) is 29.2 Å². The molecule has 0 amide bonds. The van der Waals surface area contributed by atoms with Crippen molar-refractivity contribution in [2.45, 2.75) is 25.9 Å². The molecule has 0 aromatic heterocycles. The van der Waals surface area contributed by atoms with Crippen molar-refractivity contribution < 1.29 is 4.92 Å². The van der Waals surface area contributed by atoms with Gasteiger partial charge in [0.25, 0.3) is 5.69 Å². The fourth-order valence-electron chi connectivity index (χ4n) is 2.23. The first-order valence-electron chi connectivity index (χ1n) is 6.83. The Bertz CT molecular complexity index is 631. The third kappa shape index (κ3) is 4.12. The average molecular weight is 349 g/mol. The quantitative estimate of drug-likeness (QED) is 0.613. The molecule has 0 fully saturated rings. The van der Waals surface area contributed by atoms with E-state index in [9.17, 15) is 10.1 Å². The summed E-state index contributed by atoms with van der Waals surface area (Å²) in [6.07, 6.45) is 0.867.